The number of imidazole rings is 1. The smallest absolute Gasteiger partial charge is 0.262 e. The van der Waals surface area contributed by atoms with Crippen LogP contribution in [0.25, 0.3) is 0 Å². The third kappa shape index (κ3) is 2.61. The molecule has 0 unspecified atom stereocenters. The number of rotatable bonds is 4. The van der Waals surface area contributed by atoms with Crippen molar-refractivity contribution in [3.05, 3.63) is 30.5 Å². The number of nitrogens with zero attached hydrogens (tertiary/aromatic N) is 5. The van der Waals surface area contributed by atoms with Gasteiger partial charge in [0.2, 0.25) is 5.95 Å². The summed E-state index contributed by atoms with van der Waals surface area (Å²) in [6.07, 6.45) is 4.81. The van der Waals surface area contributed by atoms with Crippen molar-refractivity contribution in [2.75, 3.05) is 18.4 Å². The first-order chi connectivity index (χ1) is 9.96. The molecule has 1 N–H and O–H groups in total. The van der Waals surface area contributed by atoms with Crippen LogP contribution in [0.2, 0.25) is 0 Å². The van der Waals surface area contributed by atoms with Gasteiger partial charge in [-0.3, -0.25) is 0 Å². The summed E-state index contributed by atoms with van der Waals surface area (Å²) in [5.74, 6) is 1.18. The molecule has 0 bridgehead atoms. The van der Waals surface area contributed by atoms with Gasteiger partial charge in [-0.15, -0.1) is 0 Å². The van der Waals surface area contributed by atoms with Crippen molar-refractivity contribution in [1.29, 1.82) is 0 Å². The van der Waals surface area contributed by atoms with Crippen molar-refractivity contribution in [3.8, 4) is 0 Å². The Labute approximate surface area is 122 Å². The van der Waals surface area contributed by atoms with Gasteiger partial charge in [0.15, 0.2) is 5.03 Å². The van der Waals surface area contributed by atoms with Crippen molar-refractivity contribution in [1.82, 2.24) is 23.8 Å². The van der Waals surface area contributed by atoms with Crippen LogP contribution in [-0.2, 0) is 17.1 Å². The second-order valence-corrected chi connectivity index (χ2v) is 6.86. The van der Waals surface area contributed by atoms with Gasteiger partial charge in [-0.1, -0.05) is 0 Å². The van der Waals surface area contributed by atoms with Crippen LogP contribution < -0.4 is 5.32 Å². The predicted molar refractivity (Wildman–Crippen MR) is 76.1 cm³/mol. The molecule has 3 heterocycles. The van der Waals surface area contributed by atoms with Crippen LogP contribution in [0.1, 0.15) is 5.82 Å². The molecule has 112 valence electrons. The van der Waals surface area contributed by atoms with E-state index in [0.29, 0.717) is 24.9 Å². The van der Waals surface area contributed by atoms with Crippen LogP contribution in [-0.4, -0.2) is 51.4 Å². The molecule has 2 aromatic heterocycles. The standard InChI is InChI=1S/C12H16N6O2S/c1-9-15-11(8-17(9)2)21(19,20)18-6-10(7-18)16-12-13-4-3-5-14-12/h3-5,8,10H,6-7H2,1-2H3,(H,13,14,16). The highest BCUT2D eigenvalue weighted by atomic mass is 32.2. The van der Waals surface area contributed by atoms with Gasteiger partial charge in [0, 0.05) is 38.7 Å². The molecule has 0 saturated carbocycles. The van der Waals surface area contributed by atoms with Crippen LogP contribution in [0.5, 0.6) is 0 Å². The maximum atomic E-state index is 12.4. The van der Waals surface area contributed by atoms with Gasteiger partial charge in [-0.2, -0.15) is 4.31 Å². The Morgan fingerprint density at radius 3 is 2.52 bits per heavy atom. The molecule has 0 spiro atoms. The third-order valence-corrected chi connectivity index (χ3v) is 5.14. The Hall–Kier alpha value is -2.00. The fourth-order valence-electron chi connectivity index (χ4n) is 2.06. The van der Waals surface area contributed by atoms with Gasteiger partial charge in [0.1, 0.15) is 5.82 Å². The molecule has 0 atom stereocenters. The lowest BCUT2D eigenvalue weighted by atomic mass is 10.2. The second kappa shape index (κ2) is 5.08. The van der Waals surface area contributed by atoms with Gasteiger partial charge in [0.25, 0.3) is 10.0 Å². The number of aromatic nitrogens is 4. The van der Waals surface area contributed by atoms with Crippen LogP contribution in [0.15, 0.2) is 29.7 Å². The topological polar surface area (TPSA) is 93.0 Å². The van der Waals surface area contributed by atoms with Crippen molar-refractivity contribution in [3.63, 3.8) is 0 Å². The molecule has 1 aliphatic heterocycles. The molecular formula is C12H16N6O2S. The molecule has 1 fully saturated rings. The van der Waals surface area contributed by atoms with Gasteiger partial charge >= 0.3 is 0 Å². The SMILES string of the molecule is Cc1nc(S(=O)(=O)N2CC(Nc3ncccn3)C2)cn1C. The Morgan fingerprint density at radius 2 is 1.95 bits per heavy atom. The second-order valence-electron chi connectivity index (χ2n) is 4.97. The summed E-state index contributed by atoms with van der Waals surface area (Å²) in [6, 6.07) is 1.75. The van der Waals surface area contributed by atoms with Gasteiger partial charge < -0.3 is 9.88 Å². The zero-order valence-electron chi connectivity index (χ0n) is 11.8. The number of hydrogen-bond acceptors (Lipinski definition) is 6. The van der Waals surface area contributed by atoms with E-state index >= 15 is 0 Å². The van der Waals surface area contributed by atoms with E-state index in [-0.39, 0.29) is 11.1 Å². The zero-order valence-corrected chi connectivity index (χ0v) is 12.6. The van der Waals surface area contributed by atoms with E-state index in [1.54, 1.807) is 37.0 Å². The van der Waals surface area contributed by atoms with Crippen molar-refractivity contribution < 1.29 is 8.42 Å². The van der Waals surface area contributed by atoms with E-state index in [1.165, 1.54) is 10.5 Å². The lowest BCUT2D eigenvalue weighted by Gasteiger charge is -2.37. The average molecular weight is 308 g/mol. The van der Waals surface area contributed by atoms with Crippen molar-refractivity contribution in [2.45, 2.75) is 18.0 Å². The first-order valence-electron chi connectivity index (χ1n) is 6.50. The van der Waals surface area contributed by atoms with E-state index in [9.17, 15) is 8.42 Å². The summed E-state index contributed by atoms with van der Waals surface area (Å²) < 4.78 is 27.8. The Balaban J connectivity index is 1.65. The number of aryl methyl sites for hydroxylation is 2. The van der Waals surface area contributed by atoms with E-state index < -0.39 is 10.0 Å². The largest absolute Gasteiger partial charge is 0.349 e. The highest BCUT2D eigenvalue weighted by molar-refractivity contribution is 7.89. The monoisotopic (exact) mass is 308 g/mol. The molecule has 1 aliphatic rings. The van der Waals surface area contributed by atoms with Gasteiger partial charge in [-0.25, -0.2) is 23.4 Å². The molecule has 2 aromatic rings. The highest BCUT2D eigenvalue weighted by Crippen LogP contribution is 2.22. The molecule has 21 heavy (non-hydrogen) atoms. The zero-order chi connectivity index (χ0) is 15.0. The lowest BCUT2D eigenvalue weighted by molar-refractivity contribution is 0.279. The highest BCUT2D eigenvalue weighted by Gasteiger charge is 2.38. The van der Waals surface area contributed by atoms with E-state index in [4.69, 9.17) is 0 Å². The number of sulfonamides is 1. The maximum absolute atomic E-state index is 12.4. The summed E-state index contributed by atoms with van der Waals surface area (Å²) in [5.41, 5.74) is 0. The summed E-state index contributed by atoms with van der Waals surface area (Å²) in [6.45, 7) is 2.54. The molecule has 0 radical (unpaired) electrons. The quantitative estimate of drug-likeness (QED) is 0.855. The van der Waals surface area contributed by atoms with Gasteiger partial charge in [0.05, 0.1) is 6.04 Å². The average Bonchev–Trinajstić information content (AvgIpc) is 2.75. The third-order valence-electron chi connectivity index (χ3n) is 3.44. The molecule has 0 amide bonds. The fraction of sp³-hybridized carbons (Fsp3) is 0.417. The van der Waals surface area contributed by atoms with Gasteiger partial charge in [-0.05, 0) is 13.0 Å². The van der Waals surface area contributed by atoms with Crippen LogP contribution in [0.4, 0.5) is 5.95 Å². The minimum absolute atomic E-state index is 0.0204. The number of anilines is 1. The van der Waals surface area contributed by atoms with Crippen molar-refractivity contribution >= 4 is 16.0 Å². The molecule has 1 saturated heterocycles. The normalized spacial score (nSPS) is 16.7. The fourth-order valence-corrected chi connectivity index (χ4v) is 3.62. The molecule has 3 rings (SSSR count). The summed E-state index contributed by atoms with van der Waals surface area (Å²) in [4.78, 5) is 12.2. The predicted octanol–water partition coefficient (Wildman–Crippen LogP) is 0.00352. The molecule has 9 heteroatoms. The van der Waals surface area contributed by atoms with E-state index in [1.807, 2.05) is 0 Å². The summed E-state index contributed by atoms with van der Waals surface area (Å²) >= 11 is 0. The Bertz CT molecular complexity index is 717. The number of hydrogen-bond donors (Lipinski definition) is 1. The minimum Gasteiger partial charge on any atom is -0.349 e. The first kappa shape index (κ1) is 14.0. The Morgan fingerprint density at radius 1 is 1.29 bits per heavy atom. The van der Waals surface area contributed by atoms with Crippen LogP contribution in [0.3, 0.4) is 0 Å². The molecular weight excluding hydrogens is 292 g/mol. The maximum Gasteiger partial charge on any atom is 0.262 e. The minimum atomic E-state index is -3.51. The van der Waals surface area contributed by atoms with Crippen molar-refractivity contribution in [2.24, 2.45) is 7.05 Å². The molecule has 8 nitrogen and oxygen atoms in total. The first-order valence-corrected chi connectivity index (χ1v) is 7.94. The summed E-state index contributed by atoms with van der Waals surface area (Å²) in [7, 11) is -1.74. The van der Waals surface area contributed by atoms with Crippen LogP contribution in [0, 0.1) is 6.92 Å². The van der Waals surface area contributed by atoms with E-state index in [0.717, 1.165) is 0 Å². The molecule has 0 aromatic carbocycles. The molecule has 0 aliphatic carbocycles. The summed E-state index contributed by atoms with van der Waals surface area (Å²) in [5, 5.41) is 3.19. The number of nitrogens with one attached hydrogen (secondary N) is 1. The van der Waals surface area contributed by atoms with Crippen LogP contribution >= 0.6 is 0 Å². The lowest BCUT2D eigenvalue weighted by Crippen LogP contribution is -2.57. The Kier molecular flexibility index (Phi) is 3.38. The van der Waals surface area contributed by atoms with E-state index in [2.05, 4.69) is 20.3 Å².